The number of amides is 1. The zero-order valence-electron chi connectivity index (χ0n) is 25.1. The van der Waals surface area contributed by atoms with Crippen molar-refractivity contribution in [1.29, 1.82) is 0 Å². The van der Waals surface area contributed by atoms with Crippen molar-refractivity contribution in [2.24, 2.45) is 0 Å². The molecular formula is C34H34FN3O6. The molecule has 0 spiro atoms. The van der Waals surface area contributed by atoms with Crippen LogP contribution in [-0.2, 0) is 29.0 Å². The van der Waals surface area contributed by atoms with E-state index in [0.717, 1.165) is 22.3 Å². The second kappa shape index (κ2) is 13.5. The molecule has 0 radical (unpaired) electrons. The number of aryl methyl sites for hydroxylation is 2. The summed E-state index contributed by atoms with van der Waals surface area (Å²) in [6.45, 7) is 2.59. The Hall–Kier alpha value is -5.12. The van der Waals surface area contributed by atoms with E-state index in [0.29, 0.717) is 59.5 Å². The number of carbonyl (C=O) groups excluding carboxylic acids is 2. The smallest absolute Gasteiger partial charge is 0.338 e. The lowest BCUT2D eigenvalue weighted by Gasteiger charge is -2.19. The van der Waals surface area contributed by atoms with Gasteiger partial charge >= 0.3 is 5.97 Å². The summed E-state index contributed by atoms with van der Waals surface area (Å²) in [7, 11) is 4.43. The number of nitrogens with zero attached hydrogens (tertiary/aromatic N) is 1. The summed E-state index contributed by atoms with van der Waals surface area (Å²) in [6.07, 6.45) is 1.23. The summed E-state index contributed by atoms with van der Waals surface area (Å²) in [4.78, 5) is 30.3. The molecule has 3 aromatic carbocycles. The molecule has 2 N–H and O–H groups in total. The molecule has 9 nitrogen and oxygen atoms in total. The number of carbonyl (C=O) groups is 2. The van der Waals surface area contributed by atoms with E-state index in [9.17, 15) is 14.0 Å². The Morgan fingerprint density at radius 2 is 1.86 bits per heavy atom. The second-order valence-electron chi connectivity index (χ2n) is 10.4. The average Bonchev–Trinajstić information content (AvgIpc) is 3.02. The van der Waals surface area contributed by atoms with Crippen LogP contribution in [0.25, 0.3) is 11.3 Å². The molecule has 0 unspecified atom stereocenters. The van der Waals surface area contributed by atoms with Crippen molar-refractivity contribution in [2.75, 3.05) is 38.5 Å². The predicted molar refractivity (Wildman–Crippen MR) is 165 cm³/mol. The summed E-state index contributed by atoms with van der Waals surface area (Å²) in [5.41, 5.74) is 6.05. The first-order valence-electron chi connectivity index (χ1n) is 14.2. The van der Waals surface area contributed by atoms with Crippen molar-refractivity contribution in [3.8, 4) is 28.6 Å². The molecule has 0 saturated heterocycles. The SMILES string of the molecule is CNc1cc(C(=O)OC)cc(OC)c1NC(=O)Cc1cc(C)c2cc1OCCCc1cc(F)ccc1COc1cccc-2n1. The van der Waals surface area contributed by atoms with E-state index < -0.39 is 5.97 Å². The number of esters is 1. The number of halogens is 1. The number of benzene rings is 3. The zero-order chi connectivity index (χ0) is 31.2. The van der Waals surface area contributed by atoms with E-state index in [1.54, 1.807) is 25.2 Å². The molecule has 228 valence electrons. The van der Waals surface area contributed by atoms with E-state index in [-0.39, 0.29) is 30.3 Å². The van der Waals surface area contributed by atoms with Crippen LogP contribution in [0.5, 0.6) is 17.4 Å². The number of methoxy groups -OCH3 is 2. The third-order valence-electron chi connectivity index (χ3n) is 7.43. The Bertz CT molecular complexity index is 1680. The van der Waals surface area contributed by atoms with Gasteiger partial charge in [-0.05, 0) is 72.9 Å². The molecule has 10 heteroatoms. The Balaban J connectivity index is 1.46. The molecule has 0 saturated carbocycles. The van der Waals surface area contributed by atoms with Crippen molar-refractivity contribution >= 4 is 23.3 Å². The predicted octanol–water partition coefficient (Wildman–Crippen LogP) is 6.12. The monoisotopic (exact) mass is 599 g/mol. The minimum atomic E-state index is -0.527. The quantitative estimate of drug-likeness (QED) is 0.255. The number of hydrogen-bond acceptors (Lipinski definition) is 8. The number of nitrogens with one attached hydrogen (secondary N) is 2. The lowest BCUT2D eigenvalue weighted by molar-refractivity contribution is -0.115. The van der Waals surface area contributed by atoms with Crippen LogP contribution in [0, 0.1) is 12.7 Å². The van der Waals surface area contributed by atoms with Crippen LogP contribution in [0.2, 0.25) is 0 Å². The summed E-state index contributed by atoms with van der Waals surface area (Å²) in [5.74, 6) is 0.163. The van der Waals surface area contributed by atoms with Crippen molar-refractivity contribution in [2.45, 2.75) is 32.8 Å². The third-order valence-corrected chi connectivity index (χ3v) is 7.43. The first-order chi connectivity index (χ1) is 21.3. The molecular weight excluding hydrogens is 565 g/mol. The van der Waals surface area contributed by atoms with Gasteiger partial charge in [0.2, 0.25) is 11.8 Å². The highest BCUT2D eigenvalue weighted by atomic mass is 19.1. The van der Waals surface area contributed by atoms with Crippen LogP contribution in [-0.4, -0.2) is 44.7 Å². The van der Waals surface area contributed by atoms with Gasteiger partial charge in [0.05, 0.1) is 44.2 Å². The van der Waals surface area contributed by atoms with Gasteiger partial charge in [0.15, 0.2) is 0 Å². The lowest BCUT2D eigenvalue weighted by Crippen LogP contribution is -2.18. The molecule has 4 aromatic rings. The summed E-state index contributed by atoms with van der Waals surface area (Å²) < 4.78 is 36.7. The van der Waals surface area contributed by atoms with Gasteiger partial charge in [-0.15, -0.1) is 0 Å². The molecule has 0 aliphatic carbocycles. The van der Waals surface area contributed by atoms with E-state index in [4.69, 9.17) is 23.9 Å². The van der Waals surface area contributed by atoms with Gasteiger partial charge in [-0.2, -0.15) is 0 Å². The molecule has 1 aliphatic rings. The zero-order valence-corrected chi connectivity index (χ0v) is 25.1. The molecule has 0 fully saturated rings. The fourth-order valence-corrected chi connectivity index (χ4v) is 5.20. The number of anilines is 2. The Morgan fingerprint density at radius 1 is 1.02 bits per heavy atom. The summed E-state index contributed by atoms with van der Waals surface area (Å²) in [5, 5.41) is 5.93. The van der Waals surface area contributed by atoms with Crippen molar-refractivity contribution in [3.63, 3.8) is 0 Å². The molecule has 5 rings (SSSR count). The minimum absolute atomic E-state index is 0.00609. The lowest BCUT2D eigenvalue weighted by atomic mass is 9.99. The first kappa shape index (κ1) is 30.3. The maximum atomic E-state index is 14.1. The summed E-state index contributed by atoms with van der Waals surface area (Å²) >= 11 is 0. The maximum Gasteiger partial charge on any atom is 0.338 e. The Labute approximate surface area is 255 Å². The average molecular weight is 600 g/mol. The standard InChI is InChI=1S/C34H34FN3O6/c1-20-13-23(17-31(39)38-33-28(36-2)15-24(34(40)42-4)16-30(33)41-3)29-18-26(20)27-8-5-9-32(37-27)44-19-22-10-11-25(35)14-21(22)7-6-12-43-29/h5,8-11,13-16,18,36H,6-7,12,17,19H2,1-4H3,(H,38,39). The van der Waals surface area contributed by atoms with E-state index in [1.165, 1.54) is 32.4 Å². The molecule has 4 bridgehead atoms. The highest BCUT2D eigenvalue weighted by Gasteiger charge is 2.20. The molecule has 0 atom stereocenters. The Kier molecular flexibility index (Phi) is 9.28. The van der Waals surface area contributed by atoms with Gasteiger partial charge in [0.25, 0.3) is 0 Å². The van der Waals surface area contributed by atoms with Crippen molar-refractivity contribution in [1.82, 2.24) is 4.98 Å². The third kappa shape index (κ3) is 6.75. The summed E-state index contributed by atoms with van der Waals surface area (Å²) in [6, 6.07) is 17.2. The maximum absolute atomic E-state index is 14.1. The van der Waals surface area contributed by atoms with Gasteiger partial charge < -0.3 is 29.6 Å². The van der Waals surface area contributed by atoms with Crippen LogP contribution in [0.15, 0.2) is 60.7 Å². The van der Waals surface area contributed by atoms with E-state index >= 15 is 0 Å². The molecule has 1 amide bonds. The highest BCUT2D eigenvalue weighted by Crippen LogP contribution is 2.36. The molecule has 2 heterocycles. The molecule has 1 aromatic heterocycles. The molecule has 1 aliphatic heterocycles. The fraction of sp³-hybridized carbons (Fsp3) is 0.265. The van der Waals surface area contributed by atoms with Gasteiger partial charge in [-0.3, -0.25) is 4.79 Å². The number of pyridine rings is 1. The van der Waals surface area contributed by atoms with Gasteiger partial charge in [0, 0.05) is 24.2 Å². The first-order valence-corrected chi connectivity index (χ1v) is 14.2. The van der Waals surface area contributed by atoms with Crippen LogP contribution in [0.1, 0.15) is 39.0 Å². The number of aromatic nitrogens is 1. The minimum Gasteiger partial charge on any atom is -0.494 e. The van der Waals surface area contributed by atoms with Gasteiger partial charge in [-0.25, -0.2) is 14.2 Å². The van der Waals surface area contributed by atoms with Gasteiger partial charge in [-0.1, -0.05) is 18.2 Å². The van der Waals surface area contributed by atoms with Crippen molar-refractivity contribution in [3.05, 3.63) is 94.3 Å². The number of rotatable bonds is 6. The number of fused-ring (bicyclic) bond motifs is 6. The van der Waals surface area contributed by atoms with Crippen LogP contribution in [0.3, 0.4) is 0 Å². The van der Waals surface area contributed by atoms with E-state index in [1.807, 2.05) is 31.2 Å². The normalized spacial score (nSPS) is 12.5. The topological polar surface area (TPSA) is 108 Å². The second-order valence-corrected chi connectivity index (χ2v) is 10.4. The number of ether oxygens (including phenoxy) is 4. The van der Waals surface area contributed by atoms with Gasteiger partial charge in [0.1, 0.15) is 29.6 Å². The van der Waals surface area contributed by atoms with Crippen LogP contribution >= 0.6 is 0 Å². The fourth-order valence-electron chi connectivity index (χ4n) is 5.20. The van der Waals surface area contributed by atoms with Crippen LogP contribution < -0.4 is 24.8 Å². The number of hydrogen-bond donors (Lipinski definition) is 2. The largest absolute Gasteiger partial charge is 0.494 e. The van der Waals surface area contributed by atoms with Crippen molar-refractivity contribution < 1.29 is 32.9 Å². The van der Waals surface area contributed by atoms with E-state index in [2.05, 4.69) is 10.6 Å². The highest BCUT2D eigenvalue weighted by molar-refractivity contribution is 6.00. The Morgan fingerprint density at radius 3 is 2.64 bits per heavy atom. The van der Waals surface area contributed by atoms with Crippen LogP contribution in [0.4, 0.5) is 15.8 Å². The molecule has 44 heavy (non-hydrogen) atoms.